The number of benzene rings is 2. The third-order valence-electron chi connectivity index (χ3n) is 9.71. The number of carbonyl (C=O) groups is 4. The number of amides is 4. The molecule has 4 unspecified atom stereocenters. The van der Waals surface area contributed by atoms with Crippen molar-refractivity contribution < 1.29 is 28.7 Å². The maximum Gasteiger partial charge on any atom is 0.407 e. The number of nitrogens with zero attached hydrogens (tertiary/aromatic N) is 4. The van der Waals surface area contributed by atoms with Gasteiger partial charge in [-0.1, -0.05) is 37.8 Å². The van der Waals surface area contributed by atoms with Crippen LogP contribution < -0.4 is 10.6 Å². The van der Waals surface area contributed by atoms with Crippen LogP contribution in [0.25, 0.3) is 22.3 Å². The summed E-state index contributed by atoms with van der Waals surface area (Å²) in [5.74, 6) is 7.61. The number of rotatable bonds is 9. The molecule has 2 aromatic carbocycles. The van der Waals surface area contributed by atoms with Crippen molar-refractivity contribution in [2.75, 3.05) is 27.3 Å². The third-order valence-corrected chi connectivity index (χ3v) is 9.71. The lowest BCUT2D eigenvalue weighted by Crippen LogP contribution is -2.48. The highest BCUT2D eigenvalue weighted by Crippen LogP contribution is 2.34. The van der Waals surface area contributed by atoms with Gasteiger partial charge in [-0.05, 0) is 74.4 Å². The molecule has 4 aromatic rings. The second kappa shape index (κ2) is 16.0. The summed E-state index contributed by atoms with van der Waals surface area (Å²) in [6.45, 7) is 4.89. The number of alkyl carbamates (subject to hydrolysis) is 2. The van der Waals surface area contributed by atoms with Crippen LogP contribution in [-0.2, 0) is 19.1 Å². The zero-order valence-electron chi connectivity index (χ0n) is 29.8. The lowest BCUT2D eigenvalue weighted by Gasteiger charge is -2.27. The highest BCUT2D eigenvalue weighted by molar-refractivity contribution is 5.87. The zero-order chi connectivity index (χ0) is 36.8. The second-order valence-electron chi connectivity index (χ2n) is 12.9. The van der Waals surface area contributed by atoms with Crippen LogP contribution in [0.2, 0.25) is 0 Å². The van der Waals surface area contributed by atoms with Gasteiger partial charge in [0, 0.05) is 24.2 Å². The molecule has 14 nitrogen and oxygen atoms in total. The Labute approximate surface area is 302 Å². The lowest BCUT2D eigenvalue weighted by molar-refractivity contribution is -0.135. The number of aromatic nitrogens is 4. The number of imidazole rings is 2. The number of likely N-dealkylation sites (tertiary alicyclic amines) is 2. The molecule has 2 aromatic heterocycles. The molecule has 0 spiro atoms. The Kier molecular flexibility index (Phi) is 11.1. The zero-order valence-corrected chi connectivity index (χ0v) is 29.8. The van der Waals surface area contributed by atoms with E-state index in [1.54, 1.807) is 16.0 Å². The predicted molar refractivity (Wildman–Crippen MR) is 193 cm³/mol. The van der Waals surface area contributed by atoms with E-state index < -0.39 is 24.3 Å². The van der Waals surface area contributed by atoms with Crippen LogP contribution in [0.4, 0.5) is 9.59 Å². The highest BCUT2D eigenvalue weighted by atomic mass is 16.5. The van der Waals surface area contributed by atoms with E-state index in [0.29, 0.717) is 37.6 Å². The Morgan fingerprint density at radius 1 is 0.808 bits per heavy atom. The molecule has 52 heavy (non-hydrogen) atoms. The van der Waals surface area contributed by atoms with Crippen molar-refractivity contribution in [3.63, 3.8) is 0 Å². The molecular formula is C38H44N8O6. The first-order chi connectivity index (χ1) is 25.2. The lowest BCUT2D eigenvalue weighted by atomic mass is 10.1. The molecule has 6 rings (SSSR count). The van der Waals surface area contributed by atoms with Gasteiger partial charge in [0.2, 0.25) is 11.8 Å². The van der Waals surface area contributed by atoms with E-state index in [9.17, 15) is 19.2 Å². The first-order valence-corrected chi connectivity index (χ1v) is 17.7. The van der Waals surface area contributed by atoms with Crippen molar-refractivity contribution in [3.8, 4) is 23.1 Å². The fourth-order valence-corrected chi connectivity index (χ4v) is 6.90. The van der Waals surface area contributed by atoms with Crippen molar-refractivity contribution in [1.29, 1.82) is 0 Å². The molecule has 0 radical (unpaired) electrons. The van der Waals surface area contributed by atoms with E-state index in [2.05, 4.69) is 37.4 Å². The smallest absolute Gasteiger partial charge is 0.407 e. The maximum absolute atomic E-state index is 13.3. The normalized spacial score (nSPS) is 18.0. The fraction of sp³-hybridized carbons (Fsp3) is 0.421. The molecule has 2 aliphatic rings. The Bertz CT molecular complexity index is 1990. The van der Waals surface area contributed by atoms with Crippen LogP contribution in [0.3, 0.4) is 0 Å². The molecule has 0 saturated carbocycles. The number of methoxy groups -OCH3 is 2. The molecule has 4 amide bonds. The molecular weight excluding hydrogens is 664 g/mol. The SMILES string of the molecule is CCC(NC(=O)OC)C(=O)N1CCCC1c1ncc(-c2ccc(C#Cc3ccc4nc(C5CCCN5C(=O)C(CC)NC(=O)OC)[nH]c4c3)cc2)[nH]1. The van der Waals surface area contributed by atoms with Crippen molar-refractivity contribution in [1.82, 2.24) is 40.4 Å². The summed E-state index contributed by atoms with van der Waals surface area (Å²) in [5.41, 5.74) is 5.06. The van der Waals surface area contributed by atoms with Crippen LogP contribution in [-0.4, -0.2) is 93.1 Å². The Morgan fingerprint density at radius 2 is 1.37 bits per heavy atom. The molecule has 4 N–H and O–H groups in total. The molecule has 272 valence electrons. The highest BCUT2D eigenvalue weighted by Gasteiger charge is 2.37. The van der Waals surface area contributed by atoms with Gasteiger partial charge in [-0.15, -0.1) is 0 Å². The molecule has 4 heterocycles. The molecule has 4 atom stereocenters. The average molecular weight is 709 g/mol. The van der Waals surface area contributed by atoms with Crippen LogP contribution >= 0.6 is 0 Å². The van der Waals surface area contributed by atoms with E-state index in [0.717, 1.165) is 59.1 Å². The third kappa shape index (κ3) is 7.73. The van der Waals surface area contributed by atoms with E-state index in [-0.39, 0.29) is 23.9 Å². The summed E-state index contributed by atoms with van der Waals surface area (Å²) >= 11 is 0. The number of aromatic amines is 2. The number of H-pyrrole nitrogens is 2. The summed E-state index contributed by atoms with van der Waals surface area (Å²) in [5, 5.41) is 5.27. The summed E-state index contributed by atoms with van der Waals surface area (Å²) in [4.78, 5) is 69.9. The number of hydrogen-bond acceptors (Lipinski definition) is 8. The quantitative estimate of drug-likeness (QED) is 0.177. The number of ether oxygens (including phenoxy) is 2. The van der Waals surface area contributed by atoms with E-state index in [1.807, 2.05) is 56.3 Å². The second-order valence-corrected chi connectivity index (χ2v) is 12.9. The van der Waals surface area contributed by atoms with Gasteiger partial charge in [-0.2, -0.15) is 0 Å². The Hall–Kier alpha value is -5.84. The molecule has 2 saturated heterocycles. The average Bonchev–Trinajstić information content (AvgIpc) is 4.00. The molecule has 2 fully saturated rings. The Morgan fingerprint density at radius 3 is 1.94 bits per heavy atom. The van der Waals surface area contributed by atoms with Gasteiger partial charge in [0.25, 0.3) is 0 Å². The fourth-order valence-electron chi connectivity index (χ4n) is 6.90. The topological polar surface area (TPSA) is 175 Å². The summed E-state index contributed by atoms with van der Waals surface area (Å²) in [6.07, 6.45) is 4.67. The summed E-state index contributed by atoms with van der Waals surface area (Å²) in [6, 6.07) is 11.9. The largest absolute Gasteiger partial charge is 0.453 e. The summed E-state index contributed by atoms with van der Waals surface area (Å²) in [7, 11) is 2.56. The predicted octanol–water partition coefficient (Wildman–Crippen LogP) is 4.95. The van der Waals surface area contributed by atoms with E-state index in [4.69, 9.17) is 14.5 Å². The van der Waals surface area contributed by atoms with Gasteiger partial charge in [0.1, 0.15) is 23.7 Å². The van der Waals surface area contributed by atoms with Crippen molar-refractivity contribution in [2.45, 2.75) is 76.5 Å². The minimum atomic E-state index is -0.664. The standard InChI is InChI=1S/C38H44N8O6/c1-5-26(43-37(49)51-3)35(47)45-19-7-9-31(45)33-39-22-30(42-33)25-16-13-23(14-17-25)11-12-24-15-18-28-29(21-24)41-34(40-28)32-10-8-20-46(32)36(48)27(6-2)44-38(50)52-4/h13-18,21-22,26-27,31-32H,5-10,19-20H2,1-4H3,(H,39,42)(H,40,41)(H,43,49)(H,44,50). The number of carbonyl (C=O) groups excluding carboxylic acids is 4. The van der Waals surface area contributed by atoms with Gasteiger partial charge in [0.15, 0.2) is 0 Å². The molecule has 0 aliphatic carbocycles. The minimum absolute atomic E-state index is 0.146. The van der Waals surface area contributed by atoms with Gasteiger partial charge in [-0.25, -0.2) is 19.6 Å². The molecule has 14 heteroatoms. The van der Waals surface area contributed by atoms with E-state index >= 15 is 0 Å². The monoisotopic (exact) mass is 708 g/mol. The van der Waals surface area contributed by atoms with Crippen LogP contribution in [0.15, 0.2) is 48.7 Å². The first kappa shape index (κ1) is 36.0. The van der Waals surface area contributed by atoms with Crippen molar-refractivity contribution in [3.05, 3.63) is 71.4 Å². The van der Waals surface area contributed by atoms with Gasteiger partial charge < -0.3 is 39.9 Å². The number of hydrogen-bond donors (Lipinski definition) is 4. The Balaban J connectivity index is 1.11. The van der Waals surface area contributed by atoms with Crippen molar-refractivity contribution in [2.24, 2.45) is 0 Å². The van der Waals surface area contributed by atoms with Crippen LogP contribution in [0.5, 0.6) is 0 Å². The van der Waals surface area contributed by atoms with Crippen molar-refractivity contribution >= 4 is 35.0 Å². The van der Waals surface area contributed by atoms with Crippen LogP contribution in [0, 0.1) is 11.8 Å². The number of fused-ring (bicyclic) bond motifs is 1. The van der Waals surface area contributed by atoms with Gasteiger partial charge in [-0.3, -0.25) is 9.59 Å². The molecule has 2 aliphatic heterocycles. The van der Waals surface area contributed by atoms with Crippen LogP contribution in [0.1, 0.15) is 87.2 Å². The first-order valence-electron chi connectivity index (χ1n) is 17.7. The maximum atomic E-state index is 13.3. The molecule has 0 bridgehead atoms. The number of nitrogens with one attached hydrogen (secondary N) is 4. The van der Waals surface area contributed by atoms with E-state index in [1.165, 1.54) is 14.2 Å². The minimum Gasteiger partial charge on any atom is -0.453 e. The summed E-state index contributed by atoms with van der Waals surface area (Å²) < 4.78 is 9.39. The van der Waals surface area contributed by atoms with Gasteiger partial charge in [0.05, 0.1) is 49.2 Å². The van der Waals surface area contributed by atoms with Gasteiger partial charge >= 0.3 is 12.2 Å².